The van der Waals surface area contributed by atoms with Crippen LogP contribution in [-0.2, 0) is 6.61 Å². The summed E-state index contributed by atoms with van der Waals surface area (Å²) in [6.45, 7) is 0.320. The second-order valence-electron chi connectivity index (χ2n) is 4.97. The van der Waals surface area contributed by atoms with Crippen LogP contribution in [0.1, 0.15) is 5.89 Å². The van der Waals surface area contributed by atoms with Crippen molar-refractivity contribution in [2.24, 2.45) is 0 Å². The minimum Gasteiger partial charge on any atom is -0.484 e. The number of hydrogen-bond acceptors (Lipinski definition) is 6. The van der Waals surface area contributed by atoms with Gasteiger partial charge in [-0.1, -0.05) is 28.4 Å². The van der Waals surface area contributed by atoms with Crippen molar-refractivity contribution >= 4 is 23.2 Å². The Bertz CT molecular complexity index is 877. The molecule has 1 aliphatic rings. The molecule has 0 unspecified atom stereocenters. The van der Waals surface area contributed by atoms with E-state index < -0.39 is 0 Å². The summed E-state index contributed by atoms with van der Waals surface area (Å²) < 4.78 is 21.4. The van der Waals surface area contributed by atoms with E-state index in [0.29, 0.717) is 39.0 Å². The number of aromatic nitrogens is 2. The van der Waals surface area contributed by atoms with E-state index in [1.54, 1.807) is 30.3 Å². The summed E-state index contributed by atoms with van der Waals surface area (Å²) in [5, 5.41) is 4.92. The van der Waals surface area contributed by atoms with E-state index in [0.717, 1.165) is 5.56 Å². The van der Waals surface area contributed by atoms with Crippen molar-refractivity contribution < 1.29 is 18.7 Å². The van der Waals surface area contributed by atoms with Gasteiger partial charge < -0.3 is 18.7 Å². The van der Waals surface area contributed by atoms with Crippen molar-refractivity contribution in [3.8, 4) is 28.6 Å². The molecule has 0 saturated carbocycles. The lowest BCUT2D eigenvalue weighted by molar-refractivity contribution is 0.174. The van der Waals surface area contributed by atoms with Gasteiger partial charge in [0.05, 0.1) is 0 Å². The molecule has 0 bridgehead atoms. The monoisotopic (exact) mass is 364 g/mol. The van der Waals surface area contributed by atoms with Gasteiger partial charge in [-0.05, 0) is 36.4 Å². The Morgan fingerprint density at radius 2 is 1.79 bits per heavy atom. The standard InChI is InChI=1S/C16H10Cl2N2O4/c17-10-4-11(18)6-12(5-10)21-7-15-19-16(20-24-15)9-1-2-13-14(3-9)23-8-22-13/h1-6H,7-8H2. The summed E-state index contributed by atoms with van der Waals surface area (Å²) in [6, 6.07) is 10.4. The van der Waals surface area contributed by atoms with Gasteiger partial charge in [0.2, 0.25) is 12.6 Å². The lowest BCUT2D eigenvalue weighted by atomic mass is 10.2. The normalized spacial score (nSPS) is 12.4. The number of nitrogens with zero attached hydrogens (tertiary/aromatic N) is 2. The highest BCUT2D eigenvalue weighted by Crippen LogP contribution is 2.35. The van der Waals surface area contributed by atoms with Crippen LogP contribution < -0.4 is 14.2 Å². The number of hydrogen-bond donors (Lipinski definition) is 0. The average Bonchev–Trinajstić information content (AvgIpc) is 3.20. The summed E-state index contributed by atoms with van der Waals surface area (Å²) in [5.41, 5.74) is 0.764. The minimum atomic E-state index is 0.105. The lowest BCUT2D eigenvalue weighted by Gasteiger charge is -2.04. The van der Waals surface area contributed by atoms with Gasteiger partial charge in [-0.2, -0.15) is 4.98 Å². The molecule has 3 aromatic rings. The second-order valence-corrected chi connectivity index (χ2v) is 5.85. The fraction of sp³-hybridized carbons (Fsp3) is 0.125. The smallest absolute Gasteiger partial charge is 0.264 e. The number of fused-ring (bicyclic) bond motifs is 1. The molecule has 0 fully saturated rings. The van der Waals surface area contributed by atoms with Crippen LogP contribution in [0.4, 0.5) is 0 Å². The van der Waals surface area contributed by atoms with E-state index in [-0.39, 0.29) is 13.4 Å². The van der Waals surface area contributed by atoms with Crippen molar-refractivity contribution in [3.63, 3.8) is 0 Å². The molecule has 1 aromatic heterocycles. The van der Waals surface area contributed by atoms with Gasteiger partial charge in [-0.15, -0.1) is 0 Å². The number of halogens is 2. The maximum atomic E-state index is 5.92. The zero-order chi connectivity index (χ0) is 16.5. The summed E-state index contributed by atoms with van der Waals surface area (Å²) in [5.74, 6) is 2.65. The van der Waals surface area contributed by atoms with Gasteiger partial charge in [0.15, 0.2) is 18.1 Å². The first-order chi connectivity index (χ1) is 11.7. The molecule has 0 aliphatic carbocycles. The maximum Gasteiger partial charge on any atom is 0.264 e. The third-order valence-electron chi connectivity index (χ3n) is 3.30. The molecule has 0 atom stereocenters. The molecule has 8 heteroatoms. The summed E-state index contributed by atoms with van der Waals surface area (Å²) >= 11 is 11.8. The number of ether oxygens (including phenoxy) is 3. The number of benzene rings is 2. The van der Waals surface area contributed by atoms with Crippen LogP contribution >= 0.6 is 23.2 Å². The van der Waals surface area contributed by atoms with Gasteiger partial charge in [0.25, 0.3) is 5.89 Å². The predicted octanol–water partition coefficient (Wildman–Crippen LogP) is 4.35. The molecular weight excluding hydrogens is 355 g/mol. The average molecular weight is 365 g/mol. The molecular formula is C16H10Cl2N2O4. The molecule has 0 N–H and O–H groups in total. The van der Waals surface area contributed by atoms with Gasteiger partial charge >= 0.3 is 0 Å². The molecule has 4 rings (SSSR count). The Labute approximate surface area is 146 Å². The lowest BCUT2D eigenvalue weighted by Crippen LogP contribution is -1.95. The second kappa shape index (κ2) is 6.22. The maximum absolute atomic E-state index is 5.92. The van der Waals surface area contributed by atoms with E-state index in [4.69, 9.17) is 41.9 Å². The molecule has 2 heterocycles. The highest BCUT2D eigenvalue weighted by Gasteiger charge is 2.16. The Hall–Kier alpha value is -2.44. The topological polar surface area (TPSA) is 66.6 Å². The highest BCUT2D eigenvalue weighted by molar-refractivity contribution is 6.34. The fourth-order valence-corrected chi connectivity index (χ4v) is 2.73. The summed E-state index contributed by atoms with van der Waals surface area (Å²) in [6.07, 6.45) is 0. The Morgan fingerprint density at radius 3 is 2.62 bits per heavy atom. The Morgan fingerprint density at radius 1 is 1.00 bits per heavy atom. The minimum absolute atomic E-state index is 0.105. The first kappa shape index (κ1) is 15.1. The molecule has 0 saturated heterocycles. The van der Waals surface area contributed by atoms with E-state index in [1.807, 2.05) is 6.07 Å². The van der Waals surface area contributed by atoms with Crippen LogP contribution in [0, 0.1) is 0 Å². The zero-order valence-corrected chi connectivity index (χ0v) is 13.7. The van der Waals surface area contributed by atoms with Crippen molar-refractivity contribution in [3.05, 3.63) is 52.3 Å². The molecule has 0 radical (unpaired) electrons. The first-order valence-corrected chi connectivity index (χ1v) is 7.74. The van der Waals surface area contributed by atoms with Crippen LogP contribution in [0.25, 0.3) is 11.4 Å². The molecule has 24 heavy (non-hydrogen) atoms. The molecule has 6 nitrogen and oxygen atoms in total. The van der Waals surface area contributed by atoms with Gasteiger partial charge in [-0.3, -0.25) is 0 Å². The van der Waals surface area contributed by atoms with Crippen LogP contribution in [0.3, 0.4) is 0 Å². The zero-order valence-electron chi connectivity index (χ0n) is 12.2. The Balaban J connectivity index is 1.48. The molecule has 0 amide bonds. The molecule has 2 aromatic carbocycles. The van der Waals surface area contributed by atoms with Crippen molar-refractivity contribution in [2.75, 3.05) is 6.79 Å². The van der Waals surface area contributed by atoms with E-state index in [1.165, 1.54) is 0 Å². The summed E-state index contributed by atoms with van der Waals surface area (Å²) in [4.78, 5) is 4.30. The SMILES string of the molecule is Clc1cc(Cl)cc(OCc2nc(-c3ccc4c(c3)OCO4)no2)c1. The van der Waals surface area contributed by atoms with Gasteiger partial charge in [0, 0.05) is 15.6 Å². The van der Waals surface area contributed by atoms with E-state index in [2.05, 4.69) is 10.1 Å². The van der Waals surface area contributed by atoms with E-state index >= 15 is 0 Å². The highest BCUT2D eigenvalue weighted by atomic mass is 35.5. The van der Waals surface area contributed by atoms with Crippen LogP contribution in [0.5, 0.6) is 17.2 Å². The van der Waals surface area contributed by atoms with Crippen LogP contribution in [0.15, 0.2) is 40.9 Å². The quantitative estimate of drug-likeness (QED) is 0.685. The molecule has 1 aliphatic heterocycles. The van der Waals surface area contributed by atoms with Crippen molar-refractivity contribution in [1.29, 1.82) is 0 Å². The fourth-order valence-electron chi connectivity index (χ4n) is 2.22. The third-order valence-corrected chi connectivity index (χ3v) is 3.73. The van der Waals surface area contributed by atoms with Crippen molar-refractivity contribution in [1.82, 2.24) is 10.1 Å². The molecule has 0 spiro atoms. The summed E-state index contributed by atoms with van der Waals surface area (Å²) in [7, 11) is 0. The van der Waals surface area contributed by atoms with Gasteiger partial charge in [-0.25, -0.2) is 0 Å². The largest absolute Gasteiger partial charge is 0.484 e. The van der Waals surface area contributed by atoms with Gasteiger partial charge in [0.1, 0.15) is 5.75 Å². The Kier molecular flexibility index (Phi) is 3.92. The van der Waals surface area contributed by atoms with Crippen LogP contribution in [0.2, 0.25) is 10.0 Å². The third kappa shape index (κ3) is 3.11. The predicted molar refractivity (Wildman–Crippen MR) is 86.7 cm³/mol. The first-order valence-electron chi connectivity index (χ1n) is 6.99. The van der Waals surface area contributed by atoms with Crippen molar-refractivity contribution in [2.45, 2.75) is 6.61 Å². The number of rotatable bonds is 4. The van der Waals surface area contributed by atoms with E-state index in [9.17, 15) is 0 Å². The van der Waals surface area contributed by atoms with Crippen LogP contribution in [-0.4, -0.2) is 16.9 Å². The molecule has 122 valence electrons.